The minimum Gasteiger partial charge on any atom is -0.465 e. The lowest BCUT2D eigenvalue weighted by Gasteiger charge is -2.09. The number of thioether (sulfide) groups is 1. The second kappa shape index (κ2) is 7.10. The third-order valence-electron chi connectivity index (χ3n) is 3.07. The average Bonchev–Trinajstić information content (AvgIpc) is 3.07. The molecule has 0 bridgehead atoms. The van der Waals surface area contributed by atoms with Crippen molar-refractivity contribution in [3.8, 4) is 5.69 Å². The molecule has 3 rings (SSSR count). The van der Waals surface area contributed by atoms with E-state index in [2.05, 4.69) is 10.1 Å². The van der Waals surface area contributed by atoms with E-state index in [0.717, 1.165) is 11.8 Å². The Labute approximate surface area is 144 Å². The van der Waals surface area contributed by atoms with Gasteiger partial charge in [-0.3, -0.25) is 9.59 Å². The monoisotopic (exact) mass is 365 g/mol. The first kappa shape index (κ1) is 16.6. The summed E-state index contributed by atoms with van der Waals surface area (Å²) in [7, 11) is 0. The maximum atomic E-state index is 13.5. The molecule has 1 aromatic carbocycles. The molecular weight excluding hydrogens is 353 g/mol. The Morgan fingerprint density at radius 3 is 3.00 bits per heavy atom. The SMILES string of the molecule is CCOC(=O)CSc1sc2cc(F)ccc2c(=O)c1-n1cncn1. The maximum absolute atomic E-state index is 13.5. The number of nitrogens with zero attached hydrogens (tertiary/aromatic N) is 3. The van der Waals surface area contributed by atoms with Crippen LogP contribution in [-0.4, -0.2) is 33.1 Å². The summed E-state index contributed by atoms with van der Waals surface area (Å²) in [6.07, 6.45) is 2.73. The Balaban J connectivity index is 2.12. The van der Waals surface area contributed by atoms with Gasteiger partial charge >= 0.3 is 5.97 Å². The van der Waals surface area contributed by atoms with Crippen LogP contribution in [-0.2, 0) is 9.53 Å². The fourth-order valence-electron chi connectivity index (χ4n) is 2.08. The summed E-state index contributed by atoms with van der Waals surface area (Å²) in [6, 6.07) is 4.00. The van der Waals surface area contributed by atoms with Crippen molar-refractivity contribution in [3.05, 3.63) is 46.9 Å². The molecule has 0 aliphatic heterocycles. The number of aromatic nitrogens is 3. The molecular formula is C15H12FN3O3S2. The number of rotatable bonds is 5. The average molecular weight is 365 g/mol. The van der Waals surface area contributed by atoms with Gasteiger partial charge in [-0.2, -0.15) is 5.10 Å². The summed E-state index contributed by atoms with van der Waals surface area (Å²) in [5.41, 5.74) is 0.00603. The van der Waals surface area contributed by atoms with Gasteiger partial charge in [0.25, 0.3) is 0 Å². The lowest BCUT2D eigenvalue weighted by molar-refractivity contribution is -0.139. The quantitative estimate of drug-likeness (QED) is 0.511. The predicted molar refractivity (Wildman–Crippen MR) is 90.3 cm³/mol. The zero-order valence-electron chi connectivity index (χ0n) is 12.6. The van der Waals surface area contributed by atoms with Crippen LogP contribution >= 0.6 is 23.1 Å². The van der Waals surface area contributed by atoms with E-state index in [1.807, 2.05) is 0 Å². The molecule has 0 aliphatic rings. The fourth-order valence-corrected chi connectivity index (χ4v) is 4.34. The molecule has 2 aromatic heterocycles. The van der Waals surface area contributed by atoms with Crippen molar-refractivity contribution in [2.75, 3.05) is 12.4 Å². The Kier molecular flexibility index (Phi) is 4.91. The van der Waals surface area contributed by atoms with Crippen molar-refractivity contribution in [1.29, 1.82) is 0 Å². The normalized spacial score (nSPS) is 10.9. The first-order valence-electron chi connectivity index (χ1n) is 7.00. The van der Waals surface area contributed by atoms with Crippen molar-refractivity contribution in [1.82, 2.24) is 14.8 Å². The van der Waals surface area contributed by atoms with Gasteiger partial charge in [-0.1, -0.05) is 0 Å². The van der Waals surface area contributed by atoms with E-state index in [9.17, 15) is 14.0 Å². The van der Waals surface area contributed by atoms with Gasteiger partial charge in [0.05, 0.1) is 16.6 Å². The van der Waals surface area contributed by atoms with Gasteiger partial charge in [0.1, 0.15) is 24.2 Å². The molecule has 0 N–H and O–H groups in total. The third-order valence-corrected chi connectivity index (χ3v) is 5.45. The van der Waals surface area contributed by atoms with E-state index in [1.165, 1.54) is 46.9 Å². The van der Waals surface area contributed by atoms with Gasteiger partial charge in [0, 0.05) is 10.1 Å². The van der Waals surface area contributed by atoms with Crippen molar-refractivity contribution in [2.45, 2.75) is 11.1 Å². The van der Waals surface area contributed by atoms with Gasteiger partial charge in [-0.05, 0) is 25.1 Å². The van der Waals surface area contributed by atoms with Crippen molar-refractivity contribution < 1.29 is 13.9 Å². The molecule has 0 aliphatic carbocycles. The van der Waals surface area contributed by atoms with E-state index in [1.54, 1.807) is 6.92 Å². The van der Waals surface area contributed by atoms with Crippen LogP contribution in [0.2, 0.25) is 0 Å². The van der Waals surface area contributed by atoms with Crippen LogP contribution in [0.4, 0.5) is 4.39 Å². The number of hydrogen-bond donors (Lipinski definition) is 0. The number of carbonyl (C=O) groups is 1. The van der Waals surface area contributed by atoms with Crippen LogP contribution in [0.1, 0.15) is 6.92 Å². The molecule has 0 amide bonds. The standard InChI is InChI=1S/C15H12FN3O3S2/c1-2-22-12(20)6-23-15-13(19-8-17-7-18-19)14(21)10-4-3-9(16)5-11(10)24-15/h3-5,7-8H,2,6H2,1H3. The van der Waals surface area contributed by atoms with Gasteiger partial charge in [0.15, 0.2) is 0 Å². The summed E-state index contributed by atoms with van der Waals surface area (Å²) < 4.78 is 20.8. The zero-order chi connectivity index (χ0) is 17.1. The van der Waals surface area contributed by atoms with E-state index in [0.29, 0.717) is 20.0 Å². The number of benzene rings is 1. The number of ether oxygens (including phenoxy) is 1. The molecule has 0 saturated carbocycles. The Morgan fingerprint density at radius 2 is 2.29 bits per heavy atom. The molecule has 6 nitrogen and oxygen atoms in total. The van der Waals surface area contributed by atoms with Gasteiger partial charge in [-0.15, -0.1) is 23.1 Å². The molecule has 0 unspecified atom stereocenters. The number of fused-ring (bicyclic) bond motifs is 1. The van der Waals surface area contributed by atoms with Crippen LogP contribution < -0.4 is 5.43 Å². The fraction of sp³-hybridized carbons (Fsp3) is 0.200. The molecule has 3 aromatic rings. The van der Waals surface area contributed by atoms with Crippen molar-refractivity contribution >= 4 is 39.2 Å². The smallest absolute Gasteiger partial charge is 0.316 e. The van der Waals surface area contributed by atoms with Crippen LogP contribution in [0.3, 0.4) is 0 Å². The lowest BCUT2D eigenvalue weighted by Crippen LogP contribution is -2.14. The van der Waals surface area contributed by atoms with Crippen molar-refractivity contribution in [2.24, 2.45) is 0 Å². The number of carbonyl (C=O) groups excluding carboxylic acids is 1. The van der Waals surface area contributed by atoms with E-state index >= 15 is 0 Å². The van der Waals surface area contributed by atoms with Gasteiger partial charge in [0.2, 0.25) is 5.43 Å². The zero-order valence-corrected chi connectivity index (χ0v) is 14.2. The highest BCUT2D eigenvalue weighted by molar-refractivity contribution is 8.01. The van der Waals surface area contributed by atoms with Gasteiger partial charge < -0.3 is 4.74 Å². The minimum absolute atomic E-state index is 0.0479. The second-order valence-electron chi connectivity index (χ2n) is 4.64. The Bertz CT molecular complexity index is 941. The highest BCUT2D eigenvalue weighted by Crippen LogP contribution is 2.32. The Hall–Kier alpha value is -2.26. The highest BCUT2D eigenvalue weighted by atomic mass is 32.2. The van der Waals surface area contributed by atoms with Crippen molar-refractivity contribution in [3.63, 3.8) is 0 Å². The minimum atomic E-state index is -0.423. The molecule has 0 spiro atoms. The molecule has 9 heteroatoms. The molecule has 0 fully saturated rings. The summed E-state index contributed by atoms with van der Waals surface area (Å²) in [4.78, 5) is 28.3. The second-order valence-corrected chi connectivity index (χ2v) is 6.94. The first-order chi connectivity index (χ1) is 11.6. The van der Waals surface area contributed by atoms with Crippen LogP contribution in [0.15, 0.2) is 39.9 Å². The largest absolute Gasteiger partial charge is 0.465 e. The number of halogens is 1. The van der Waals surface area contributed by atoms with Gasteiger partial charge in [-0.25, -0.2) is 14.1 Å². The molecule has 0 saturated heterocycles. The predicted octanol–water partition coefficient (Wildman–Crippen LogP) is 2.64. The van der Waals surface area contributed by atoms with Crippen LogP contribution in [0.5, 0.6) is 0 Å². The topological polar surface area (TPSA) is 74.1 Å². The molecule has 124 valence electrons. The summed E-state index contributed by atoms with van der Waals surface area (Å²) in [5, 5.41) is 4.40. The maximum Gasteiger partial charge on any atom is 0.316 e. The molecule has 0 radical (unpaired) electrons. The summed E-state index contributed by atoms with van der Waals surface area (Å²) in [5.74, 6) is -0.759. The van der Waals surface area contributed by atoms with Crippen LogP contribution in [0, 0.1) is 5.82 Å². The highest BCUT2D eigenvalue weighted by Gasteiger charge is 2.17. The van der Waals surface area contributed by atoms with E-state index in [-0.39, 0.29) is 23.8 Å². The number of esters is 1. The number of hydrogen-bond acceptors (Lipinski definition) is 7. The summed E-state index contributed by atoms with van der Waals surface area (Å²) in [6.45, 7) is 2.01. The van der Waals surface area contributed by atoms with E-state index in [4.69, 9.17) is 4.74 Å². The summed E-state index contributed by atoms with van der Waals surface area (Å²) >= 11 is 2.39. The van der Waals surface area contributed by atoms with E-state index < -0.39 is 5.82 Å². The Morgan fingerprint density at radius 1 is 1.46 bits per heavy atom. The van der Waals surface area contributed by atoms with Crippen LogP contribution in [0.25, 0.3) is 15.8 Å². The third kappa shape index (κ3) is 3.31. The molecule has 0 atom stereocenters. The molecule has 2 heterocycles. The lowest BCUT2D eigenvalue weighted by atomic mass is 10.2. The molecule has 24 heavy (non-hydrogen) atoms. The first-order valence-corrected chi connectivity index (χ1v) is 8.80.